The van der Waals surface area contributed by atoms with Crippen LogP contribution in [-0.4, -0.2) is 59.8 Å². The number of nitrogens with one attached hydrogen (secondary N) is 1. The van der Waals surface area contributed by atoms with E-state index in [0.29, 0.717) is 36.9 Å². The Labute approximate surface area is 224 Å². The number of hydrogen-bond donors (Lipinski definition) is 1. The molecule has 38 heavy (non-hydrogen) atoms. The summed E-state index contributed by atoms with van der Waals surface area (Å²) in [7, 11) is 2.05. The van der Waals surface area contributed by atoms with Crippen molar-refractivity contribution in [2.75, 3.05) is 39.3 Å². The molecule has 0 saturated carbocycles. The first-order valence-corrected chi connectivity index (χ1v) is 14.5. The lowest BCUT2D eigenvalue weighted by Crippen LogP contribution is -2.60. The zero-order valence-electron chi connectivity index (χ0n) is 22.5. The second kappa shape index (κ2) is 10.9. The first-order chi connectivity index (χ1) is 18.1. The molecule has 0 radical (unpaired) electrons. The van der Waals surface area contributed by atoms with Gasteiger partial charge < -0.3 is 28.2 Å². The van der Waals surface area contributed by atoms with Crippen LogP contribution in [-0.2, 0) is 23.5 Å². The van der Waals surface area contributed by atoms with Crippen LogP contribution in [0.3, 0.4) is 0 Å². The lowest BCUT2D eigenvalue weighted by Gasteiger charge is -2.47. The van der Waals surface area contributed by atoms with Crippen LogP contribution in [0.15, 0.2) is 48.5 Å². The number of amides is 1. The summed E-state index contributed by atoms with van der Waals surface area (Å²) in [6.45, 7) is 5.14. The van der Waals surface area contributed by atoms with Crippen LogP contribution in [0.5, 0.6) is 5.75 Å². The largest absolute Gasteiger partial charge is 0.500 e. The lowest BCUT2D eigenvalue weighted by atomic mass is 9.76. The van der Waals surface area contributed by atoms with E-state index >= 15 is 0 Å². The van der Waals surface area contributed by atoms with E-state index in [0.717, 1.165) is 11.3 Å². The molecule has 0 saturated heterocycles. The molecule has 1 amide bonds. The molecule has 0 bridgehead atoms. The Bertz CT molecular complexity index is 1220. The molecule has 1 N–H and O–H groups in total. The van der Waals surface area contributed by atoms with Gasteiger partial charge in [0.05, 0.1) is 10.3 Å². The van der Waals surface area contributed by atoms with Crippen molar-refractivity contribution in [2.45, 2.75) is 43.9 Å². The van der Waals surface area contributed by atoms with E-state index in [1.165, 1.54) is 12.1 Å². The number of ether oxygens (including phenoxy) is 1. The van der Waals surface area contributed by atoms with Crippen LogP contribution in [0.2, 0.25) is 6.04 Å². The Balaban J connectivity index is 1.50. The summed E-state index contributed by atoms with van der Waals surface area (Å²) in [6.07, 6.45) is 4.77. The highest BCUT2D eigenvalue weighted by Crippen LogP contribution is 2.55. The van der Waals surface area contributed by atoms with E-state index in [1.54, 1.807) is 27.4 Å². The highest BCUT2D eigenvalue weighted by atomic mass is 28.4. The number of carbonyl (C=O) groups is 1. The number of benzene rings is 2. The van der Waals surface area contributed by atoms with Gasteiger partial charge in [-0.05, 0) is 50.1 Å². The molecule has 2 aliphatic heterocycles. The summed E-state index contributed by atoms with van der Waals surface area (Å²) in [4.78, 5) is 25.8. The van der Waals surface area contributed by atoms with Crippen molar-refractivity contribution in [3.8, 4) is 5.75 Å². The Morgan fingerprint density at radius 1 is 1.13 bits per heavy atom. The van der Waals surface area contributed by atoms with E-state index in [1.807, 2.05) is 30.4 Å². The number of non-ortho nitro benzene ring substituents is 1. The second-order valence-corrected chi connectivity index (χ2v) is 13.0. The van der Waals surface area contributed by atoms with Crippen LogP contribution >= 0.6 is 0 Å². The number of fused-ring (bicyclic) bond motifs is 2. The molecular weight excluding hydrogens is 506 g/mol. The van der Waals surface area contributed by atoms with Crippen LogP contribution in [0, 0.1) is 10.1 Å². The molecular formula is C27H35N3O7Si. The van der Waals surface area contributed by atoms with Crippen LogP contribution in [0.1, 0.15) is 37.8 Å². The second-order valence-electron chi connectivity index (χ2n) is 9.90. The van der Waals surface area contributed by atoms with Gasteiger partial charge in [0, 0.05) is 70.3 Å². The van der Waals surface area contributed by atoms with Gasteiger partial charge in [-0.3, -0.25) is 14.9 Å². The fourth-order valence-electron chi connectivity index (χ4n) is 5.38. The normalized spacial score (nSPS) is 19.1. The molecule has 1 spiro atoms. The number of nitrogens with zero attached hydrogens (tertiary/aromatic N) is 2. The maximum absolute atomic E-state index is 12.8. The summed E-state index contributed by atoms with van der Waals surface area (Å²) in [5, 5.41) is 14.2. The number of nitro groups is 1. The van der Waals surface area contributed by atoms with Crippen molar-refractivity contribution < 1.29 is 27.7 Å². The lowest BCUT2D eigenvalue weighted by molar-refractivity contribution is -0.384. The van der Waals surface area contributed by atoms with Gasteiger partial charge in [-0.25, -0.2) is 0 Å². The van der Waals surface area contributed by atoms with Gasteiger partial charge in [0.1, 0.15) is 5.75 Å². The van der Waals surface area contributed by atoms with Crippen molar-refractivity contribution >= 4 is 32.2 Å². The zero-order valence-corrected chi connectivity index (χ0v) is 23.5. The van der Waals surface area contributed by atoms with E-state index in [-0.39, 0.29) is 18.0 Å². The predicted octanol–water partition coefficient (Wildman–Crippen LogP) is 4.27. The molecule has 0 aromatic heterocycles. The summed E-state index contributed by atoms with van der Waals surface area (Å²) >= 11 is 0. The van der Waals surface area contributed by atoms with Crippen molar-refractivity contribution in [1.29, 1.82) is 0 Å². The van der Waals surface area contributed by atoms with Crippen molar-refractivity contribution in [3.63, 3.8) is 0 Å². The van der Waals surface area contributed by atoms with Crippen molar-refractivity contribution in [1.82, 2.24) is 5.32 Å². The number of carbonyl (C=O) groups excluding carboxylic acids is 1. The zero-order chi connectivity index (χ0) is 27.6. The molecule has 2 aromatic rings. The maximum Gasteiger partial charge on any atom is 0.500 e. The first kappa shape index (κ1) is 27.8. The number of para-hydroxylation sites is 1. The van der Waals surface area contributed by atoms with E-state index < -0.39 is 24.9 Å². The maximum atomic E-state index is 12.8. The Hall–Kier alpha value is -3.25. The third-order valence-corrected chi connectivity index (χ3v) is 10.4. The van der Waals surface area contributed by atoms with Crippen LogP contribution in [0.4, 0.5) is 11.4 Å². The number of rotatable bonds is 11. The molecule has 0 aliphatic carbocycles. The molecule has 2 heterocycles. The molecule has 2 aromatic carbocycles. The predicted molar refractivity (Wildman–Crippen MR) is 146 cm³/mol. The van der Waals surface area contributed by atoms with Crippen molar-refractivity contribution in [2.24, 2.45) is 0 Å². The molecule has 11 heteroatoms. The third kappa shape index (κ3) is 4.82. The quantitative estimate of drug-likeness (QED) is 0.194. The van der Waals surface area contributed by atoms with Gasteiger partial charge >= 0.3 is 8.80 Å². The first-order valence-electron chi connectivity index (χ1n) is 12.6. The number of anilines is 1. The van der Waals surface area contributed by atoms with Gasteiger partial charge in [-0.15, -0.1) is 0 Å². The highest BCUT2D eigenvalue weighted by molar-refractivity contribution is 6.60. The van der Waals surface area contributed by atoms with Crippen LogP contribution < -0.4 is 15.0 Å². The van der Waals surface area contributed by atoms with Crippen molar-refractivity contribution in [3.05, 3.63) is 69.8 Å². The summed E-state index contributed by atoms with van der Waals surface area (Å²) in [5.74, 6) is 0.494. The standard InChI is InChI=1S/C27H35N3O7Si/c1-26(2)22-9-6-7-10-23(22)29(17-14-25(31)28-16-8-18-38(34-3,35-4)36-5)27(26)15-13-20-19-21(30(32)33)11-12-24(20)37-27/h6-7,9-13,15,19H,8,14,16-18H2,1-5H3,(H,28,31). The Kier molecular flexibility index (Phi) is 7.93. The Morgan fingerprint density at radius 3 is 2.53 bits per heavy atom. The van der Waals surface area contributed by atoms with Gasteiger partial charge in [-0.1, -0.05) is 18.2 Å². The van der Waals surface area contributed by atoms with Gasteiger partial charge in [0.25, 0.3) is 5.69 Å². The topological polar surface area (TPSA) is 112 Å². The molecule has 2 aliphatic rings. The SMILES string of the molecule is CO[Si](CCCNC(=O)CCN1c2ccccc2C(C)(C)C12C=Cc1cc([N+](=O)[O-])ccc1O2)(OC)OC. The molecule has 4 rings (SSSR count). The van der Waals surface area contributed by atoms with E-state index in [4.69, 9.17) is 18.0 Å². The summed E-state index contributed by atoms with van der Waals surface area (Å²) < 4.78 is 23.0. The molecule has 1 atom stereocenters. The molecule has 0 fully saturated rings. The number of nitro benzene ring substituents is 1. The molecule has 1 unspecified atom stereocenters. The summed E-state index contributed by atoms with van der Waals surface area (Å²) in [6, 6.07) is 13.3. The monoisotopic (exact) mass is 541 g/mol. The minimum absolute atomic E-state index is 0.0110. The minimum Gasteiger partial charge on any atom is -0.463 e. The van der Waals surface area contributed by atoms with Gasteiger partial charge in [0.2, 0.25) is 11.6 Å². The highest BCUT2D eigenvalue weighted by Gasteiger charge is 2.58. The van der Waals surface area contributed by atoms with Crippen LogP contribution in [0.25, 0.3) is 6.08 Å². The number of hydrogen-bond acceptors (Lipinski definition) is 8. The van der Waals surface area contributed by atoms with Gasteiger partial charge in [-0.2, -0.15) is 0 Å². The smallest absolute Gasteiger partial charge is 0.463 e. The fraction of sp³-hybridized carbons (Fsp3) is 0.444. The van der Waals surface area contributed by atoms with E-state index in [2.05, 4.69) is 30.1 Å². The average Bonchev–Trinajstić information content (AvgIpc) is 3.10. The summed E-state index contributed by atoms with van der Waals surface area (Å²) in [5.41, 5.74) is 1.39. The molecule has 204 valence electrons. The average molecular weight is 542 g/mol. The minimum atomic E-state index is -2.67. The van der Waals surface area contributed by atoms with E-state index in [9.17, 15) is 14.9 Å². The third-order valence-electron chi connectivity index (χ3n) is 7.60. The Morgan fingerprint density at radius 2 is 1.84 bits per heavy atom. The molecule has 10 nitrogen and oxygen atoms in total. The fourth-order valence-corrected chi connectivity index (χ4v) is 7.10. The van der Waals surface area contributed by atoms with Gasteiger partial charge in [0.15, 0.2) is 0 Å².